The van der Waals surface area contributed by atoms with E-state index in [0.29, 0.717) is 31.2 Å². The van der Waals surface area contributed by atoms with Crippen LogP contribution in [-0.4, -0.2) is 56.3 Å². The molecule has 1 aliphatic rings. The van der Waals surface area contributed by atoms with E-state index < -0.39 is 10.0 Å². The van der Waals surface area contributed by atoms with Gasteiger partial charge in [0, 0.05) is 47.9 Å². The Hall–Kier alpha value is -2.39. The summed E-state index contributed by atoms with van der Waals surface area (Å²) in [6.45, 7) is 6.18. The molecule has 6 nitrogen and oxygen atoms in total. The Kier molecular flexibility index (Phi) is 8.40. The van der Waals surface area contributed by atoms with Crippen LogP contribution in [0.2, 0.25) is 5.02 Å². The Bertz CT molecular complexity index is 1320. The van der Waals surface area contributed by atoms with Gasteiger partial charge < -0.3 is 9.80 Å². The highest BCUT2D eigenvalue weighted by atomic mass is 79.9. The van der Waals surface area contributed by atoms with Crippen molar-refractivity contribution in [3.8, 4) is 0 Å². The molecule has 0 bridgehead atoms. The molecule has 190 valence electrons. The first-order chi connectivity index (χ1) is 17.1. The number of halogens is 2. The van der Waals surface area contributed by atoms with Gasteiger partial charge in [-0.3, -0.25) is 4.79 Å². The Morgan fingerprint density at radius 3 is 2.22 bits per heavy atom. The first-order valence-corrected chi connectivity index (χ1v) is 14.3. The van der Waals surface area contributed by atoms with Crippen LogP contribution in [0.25, 0.3) is 0 Å². The van der Waals surface area contributed by atoms with Gasteiger partial charge >= 0.3 is 0 Å². The number of rotatable bonds is 7. The molecule has 3 aromatic carbocycles. The molecule has 0 atom stereocenters. The van der Waals surface area contributed by atoms with Crippen LogP contribution in [0.5, 0.6) is 0 Å². The molecule has 0 saturated carbocycles. The van der Waals surface area contributed by atoms with Crippen molar-refractivity contribution in [3.63, 3.8) is 0 Å². The van der Waals surface area contributed by atoms with Gasteiger partial charge in [0.2, 0.25) is 15.9 Å². The fourth-order valence-electron chi connectivity index (χ4n) is 4.25. The Morgan fingerprint density at radius 2 is 1.58 bits per heavy atom. The first-order valence-electron chi connectivity index (χ1n) is 11.7. The molecular weight excluding hydrogens is 562 g/mol. The Morgan fingerprint density at radius 1 is 0.944 bits per heavy atom. The van der Waals surface area contributed by atoms with Gasteiger partial charge in [0.25, 0.3) is 0 Å². The molecule has 1 heterocycles. The van der Waals surface area contributed by atoms with Crippen molar-refractivity contribution in [3.05, 3.63) is 92.9 Å². The lowest BCUT2D eigenvalue weighted by molar-refractivity contribution is -0.131. The minimum absolute atomic E-state index is 0.108. The van der Waals surface area contributed by atoms with Gasteiger partial charge in [-0.2, -0.15) is 4.31 Å². The van der Waals surface area contributed by atoms with E-state index in [0.717, 1.165) is 26.9 Å². The zero-order valence-corrected chi connectivity index (χ0v) is 23.5. The van der Waals surface area contributed by atoms with Crippen molar-refractivity contribution >= 4 is 49.1 Å². The number of sulfonamides is 1. The van der Waals surface area contributed by atoms with E-state index in [1.54, 1.807) is 29.2 Å². The minimum Gasteiger partial charge on any atom is -0.368 e. The number of piperazine rings is 1. The zero-order chi connectivity index (χ0) is 25.9. The third kappa shape index (κ3) is 6.29. The topological polar surface area (TPSA) is 60.9 Å². The summed E-state index contributed by atoms with van der Waals surface area (Å²) in [4.78, 5) is 17.5. The number of nitrogens with zero attached hydrogens (tertiary/aromatic N) is 3. The molecule has 4 rings (SSSR count). The molecule has 0 spiro atoms. The van der Waals surface area contributed by atoms with Crippen molar-refractivity contribution in [1.82, 2.24) is 9.21 Å². The highest BCUT2D eigenvalue weighted by molar-refractivity contribution is 9.10. The highest BCUT2D eigenvalue weighted by Gasteiger charge is 2.30. The van der Waals surface area contributed by atoms with Crippen LogP contribution in [0.1, 0.15) is 16.7 Å². The molecule has 1 fully saturated rings. The molecule has 1 saturated heterocycles. The molecule has 0 N–H and O–H groups in total. The highest BCUT2D eigenvalue weighted by Crippen LogP contribution is 2.26. The van der Waals surface area contributed by atoms with E-state index >= 15 is 0 Å². The molecule has 1 aliphatic heterocycles. The molecule has 1 amide bonds. The third-order valence-corrected chi connectivity index (χ3v) is 8.96. The number of anilines is 1. The molecule has 0 aliphatic carbocycles. The van der Waals surface area contributed by atoms with Crippen molar-refractivity contribution in [2.75, 3.05) is 37.6 Å². The number of aryl methyl sites for hydroxylation is 2. The van der Waals surface area contributed by atoms with Crippen LogP contribution in [0, 0.1) is 13.8 Å². The SMILES string of the molecule is Cc1ccc(S(=O)(=O)N(CC(=O)N2CCN(c3cc(Cl)ccc3C)CC2)Cc2ccc(Br)cc2)cc1. The lowest BCUT2D eigenvalue weighted by Gasteiger charge is -2.37. The van der Waals surface area contributed by atoms with Gasteiger partial charge in [-0.15, -0.1) is 0 Å². The van der Waals surface area contributed by atoms with Crippen LogP contribution in [-0.2, 0) is 21.4 Å². The monoisotopic (exact) mass is 589 g/mol. The van der Waals surface area contributed by atoms with Gasteiger partial charge in [-0.1, -0.05) is 63.4 Å². The average Bonchev–Trinajstić information content (AvgIpc) is 2.86. The summed E-state index contributed by atoms with van der Waals surface area (Å²) in [5.74, 6) is -0.203. The summed E-state index contributed by atoms with van der Waals surface area (Å²) < 4.78 is 29.3. The maximum Gasteiger partial charge on any atom is 0.243 e. The lowest BCUT2D eigenvalue weighted by Crippen LogP contribution is -2.51. The van der Waals surface area contributed by atoms with Gasteiger partial charge in [0.15, 0.2) is 0 Å². The first kappa shape index (κ1) is 26.7. The number of hydrogen-bond donors (Lipinski definition) is 0. The molecule has 3 aromatic rings. The number of carbonyl (C=O) groups excluding carboxylic acids is 1. The summed E-state index contributed by atoms with van der Waals surface area (Å²) in [5, 5.41) is 0.680. The van der Waals surface area contributed by atoms with Crippen LogP contribution < -0.4 is 4.90 Å². The van der Waals surface area contributed by atoms with E-state index in [9.17, 15) is 13.2 Å². The lowest BCUT2D eigenvalue weighted by atomic mass is 10.1. The van der Waals surface area contributed by atoms with Crippen LogP contribution in [0.15, 0.2) is 76.1 Å². The van der Waals surface area contributed by atoms with Gasteiger partial charge in [-0.25, -0.2) is 8.42 Å². The number of carbonyl (C=O) groups is 1. The standard InChI is InChI=1S/C27H29BrClN3O3S/c1-20-3-11-25(12-4-20)36(34,35)32(18-22-6-8-23(28)9-7-22)19-27(33)31-15-13-30(14-16-31)26-17-24(29)10-5-21(26)2/h3-12,17H,13-16,18-19H2,1-2H3. The van der Waals surface area contributed by atoms with Gasteiger partial charge in [0.05, 0.1) is 11.4 Å². The predicted octanol–water partition coefficient (Wildman–Crippen LogP) is 5.26. The van der Waals surface area contributed by atoms with E-state index in [-0.39, 0.29) is 23.9 Å². The summed E-state index contributed by atoms with van der Waals surface area (Å²) in [5.41, 5.74) is 3.97. The second-order valence-electron chi connectivity index (χ2n) is 9.01. The summed E-state index contributed by atoms with van der Waals surface area (Å²) in [7, 11) is -3.87. The van der Waals surface area contributed by atoms with E-state index in [1.807, 2.05) is 56.3 Å². The maximum absolute atomic E-state index is 13.6. The zero-order valence-electron chi connectivity index (χ0n) is 20.3. The second kappa shape index (κ2) is 11.3. The van der Waals surface area contributed by atoms with Crippen LogP contribution in [0.3, 0.4) is 0 Å². The van der Waals surface area contributed by atoms with E-state index in [2.05, 4.69) is 20.8 Å². The molecule has 9 heteroatoms. The Labute approximate surface area is 226 Å². The quantitative estimate of drug-likeness (QED) is 0.377. The summed E-state index contributed by atoms with van der Waals surface area (Å²) in [6, 6.07) is 20.0. The third-order valence-electron chi connectivity index (χ3n) is 6.39. The number of benzene rings is 3. The Balaban J connectivity index is 1.50. The van der Waals surface area contributed by atoms with Crippen molar-refractivity contribution in [1.29, 1.82) is 0 Å². The normalized spacial score (nSPS) is 14.4. The van der Waals surface area contributed by atoms with E-state index in [4.69, 9.17) is 11.6 Å². The van der Waals surface area contributed by atoms with Gasteiger partial charge in [-0.05, 0) is 61.4 Å². The molecule has 0 aromatic heterocycles. The molecular formula is C27H29BrClN3O3S. The smallest absolute Gasteiger partial charge is 0.243 e. The van der Waals surface area contributed by atoms with Crippen LogP contribution >= 0.6 is 27.5 Å². The van der Waals surface area contributed by atoms with Crippen LogP contribution in [0.4, 0.5) is 5.69 Å². The number of amides is 1. The van der Waals surface area contributed by atoms with Gasteiger partial charge in [0.1, 0.15) is 0 Å². The average molecular weight is 591 g/mol. The van der Waals surface area contributed by atoms with Crippen molar-refractivity contribution in [2.45, 2.75) is 25.3 Å². The fourth-order valence-corrected chi connectivity index (χ4v) is 6.06. The summed E-state index contributed by atoms with van der Waals surface area (Å²) in [6.07, 6.45) is 0. The molecule has 0 unspecified atom stereocenters. The summed E-state index contributed by atoms with van der Waals surface area (Å²) >= 11 is 9.61. The largest absolute Gasteiger partial charge is 0.368 e. The maximum atomic E-state index is 13.6. The minimum atomic E-state index is -3.87. The molecule has 36 heavy (non-hydrogen) atoms. The van der Waals surface area contributed by atoms with Crippen molar-refractivity contribution in [2.24, 2.45) is 0 Å². The second-order valence-corrected chi connectivity index (χ2v) is 12.3. The molecule has 0 radical (unpaired) electrons. The fraction of sp³-hybridized carbons (Fsp3) is 0.296. The van der Waals surface area contributed by atoms with E-state index in [1.165, 1.54) is 4.31 Å². The van der Waals surface area contributed by atoms with Crippen molar-refractivity contribution < 1.29 is 13.2 Å². The number of hydrogen-bond acceptors (Lipinski definition) is 4. The predicted molar refractivity (Wildman–Crippen MR) is 148 cm³/mol.